The molecular formula is C19H23N3O7S. The van der Waals surface area contributed by atoms with Crippen molar-refractivity contribution in [3.8, 4) is 0 Å². The third-order valence-electron chi connectivity index (χ3n) is 3.73. The first-order valence-electron chi connectivity index (χ1n) is 9.03. The molecular weight excluding hydrogens is 414 g/mol. The van der Waals surface area contributed by atoms with E-state index in [1.807, 2.05) is 0 Å². The average Bonchev–Trinajstić information content (AvgIpc) is 3.19. The minimum Gasteiger partial charge on any atom is -0.468 e. The quantitative estimate of drug-likeness (QED) is 0.531. The van der Waals surface area contributed by atoms with E-state index in [1.165, 1.54) is 37.5 Å². The minimum atomic E-state index is -3.81. The van der Waals surface area contributed by atoms with E-state index in [-0.39, 0.29) is 23.0 Å². The average molecular weight is 437 g/mol. The third-order valence-corrected chi connectivity index (χ3v) is 5.14. The second kappa shape index (κ2) is 10.0. The van der Waals surface area contributed by atoms with Gasteiger partial charge in [0.15, 0.2) is 6.10 Å². The monoisotopic (exact) mass is 437 g/mol. The smallest absolute Gasteiger partial charge is 0.338 e. The molecule has 30 heavy (non-hydrogen) atoms. The molecule has 1 heterocycles. The number of hydrogen-bond donors (Lipinski definition) is 3. The number of amides is 3. The van der Waals surface area contributed by atoms with E-state index in [4.69, 9.17) is 9.15 Å². The van der Waals surface area contributed by atoms with Gasteiger partial charge in [0.1, 0.15) is 5.76 Å². The van der Waals surface area contributed by atoms with E-state index < -0.39 is 34.0 Å². The number of benzene rings is 1. The zero-order valence-corrected chi connectivity index (χ0v) is 17.5. The molecule has 0 aliphatic heterocycles. The number of nitrogens with one attached hydrogen (secondary N) is 3. The van der Waals surface area contributed by atoms with Crippen LogP contribution in [-0.4, -0.2) is 38.5 Å². The fourth-order valence-electron chi connectivity index (χ4n) is 2.23. The van der Waals surface area contributed by atoms with Crippen LogP contribution in [0.4, 0.5) is 4.79 Å². The molecule has 0 saturated heterocycles. The Morgan fingerprint density at radius 3 is 2.30 bits per heavy atom. The lowest BCUT2D eigenvalue weighted by Gasteiger charge is -2.14. The summed E-state index contributed by atoms with van der Waals surface area (Å²) < 4.78 is 37.1. The largest absolute Gasteiger partial charge is 0.468 e. The number of esters is 1. The van der Waals surface area contributed by atoms with Gasteiger partial charge in [0, 0.05) is 6.04 Å². The van der Waals surface area contributed by atoms with Gasteiger partial charge >= 0.3 is 12.0 Å². The molecule has 11 heteroatoms. The van der Waals surface area contributed by atoms with Crippen molar-refractivity contribution < 1.29 is 32.0 Å². The third kappa shape index (κ3) is 6.71. The number of rotatable bonds is 8. The Balaban J connectivity index is 1.94. The van der Waals surface area contributed by atoms with Crippen LogP contribution in [0.2, 0.25) is 0 Å². The summed E-state index contributed by atoms with van der Waals surface area (Å²) in [4.78, 5) is 35.6. The maximum absolute atomic E-state index is 12.3. The van der Waals surface area contributed by atoms with Crippen molar-refractivity contribution in [1.29, 1.82) is 0 Å². The highest BCUT2D eigenvalue weighted by Gasteiger charge is 2.22. The van der Waals surface area contributed by atoms with Gasteiger partial charge in [-0.25, -0.2) is 22.7 Å². The number of imide groups is 1. The molecule has 2 aromatic rings. The van der Waals surface area contributed by atoms with Gasteiger partial charge in [-0.2, -0.15) is 0 Å². The van der Waals surface area contributed by atoms with E-state index in [2.05, 4.69) is 15.4 Å². The second-order valence-corrected chi connectivity index (χ2v) is 8.36. The van der Waals surface area contributed by atoms with Gasteiger partial charge in [-0.05, 0) is 57.2 Å². The van der Waals surface area contributed by atoms with Gasteiger partial charge < -0.3 is 14.5 Å². The molecule has 1 aromatic carbocycles. The van der Waals surface area contributed by atoms with Crippen LogP contribution in [0.25, 0.3) is 0 Å². The first kappa shape index (κ1) is 23.1. The van der Waals surface area contributed by atoms with Crippen LogP contribution >= 0.6 is 0 Å². The summed E-state index contributed by atoms with van der Waals surface area (Å²) in [6.45, 7) is 4.75. The van der Waals surface area contributed by atoms with Crippen LogP contribution in [0, 0.1) is 0 Å². The van der Waals surface area contributed by atoms with Crippen LogP contribution in [0.15, 0.2) is 52.0 Å². The van der Waals surface area contributed by atoms with Crippen molar-refractivity contribution in [3.05, 3.63) is 54.0 Å². The lowest BCUT2D eigenvalue weighted by molar-refractivity contribution is -0.127. The summed E-state index contributed by atoms with van der Waals surface area (Å²) in [5, 5.41) is 4.53. The van der Waals surface area contributed by atoms with Crippen LogP contribution in [0.5, 0.6) is 0 Å². The van der Waals surface area contributed by atoms with Crippen molar-refractivity contribution in [2.45, 2.75) is 44.4 Å². The lowest BCUT2D eigenvalue weighted by Crippen LogP contribution is -2.46. The highest BCUT2D eigenvalue weighted by atomic mass is 32.2. The Morgan fingerprint density at radius 2 is 1.73 bits per heavy atom. The highest BCUT2D eigenvalue weighted by Crippen LogP contribution is 2.13. The van der Waals surface area contributed by atoms with Crippen molar-refractivity contribution in [1.82, 2.24) is 15.4 Å². The number of sulfonamides is 1. The molecule has 3 N–H and O–H groups in total. The predicted molar refractivity (Wildman–Crippen MR) is 106 cm³/mol. The van der Waals surface area contributed by atoms with E-state index >= 15 is 0 Å². The summed E-state index contributed by atoms with van der Waals surface area (Å²) in [7, 11) is -3.81. The number of furan rings is 1. The van der Waals surface area contributed by atoms with E-state index in [0.717, 1.165) is 0 Å². The van der Waals surface area contributed by atoms with Crippen LogP contribution in [0.1, 0.15) is 36.9 Å². The first-order valence-corrected chi connectivity index (χ1v) is 10.5. The Morgan fingerprint density at radius 1 is 1.07 bits per heavy atom. The molecule has 10 nitrogen and oxygen atoms in total. The van der Waals surface area contributed by atoms with Gasteiger partial charge in [0.05, 0.1) is 23.3 Å². The SMILES string of the molecule is CC(C)NC(=O)NC(=O)C(C)OC(=O)c1ccc(S(=O)(=O)NCc2ccco2)cc1. The molecule has 0 radical (unpaired) electrons. The van der Waals surface area contributed by atoms with Gasteiger partial charge in [-0.1, -0.05) is 0 Å². The summed E-state index contributed by atoms with van der Waals surface area (Å²) >= 11 is 0. The normalized spacial score (nSPS) is 12.3. The summed E-state index contributed by atoms with van der Waals surface area (Å²) in [5.74, 6) is -1.18. The zero-order valence-electron chi connectivity index (χ0n) is 16.7. The van der Waals surface area contributed by atoms with E-state index in [0.29, 0.717) is 5.76 Å². The van der Waals surface area contributed by atoms with Crippen molar-refractivity contribution >= 4 is 27.9 Å². The van der Waals surface area contributed by atoms with Crippen molar-refractivity contribution in [2.24, 2.45) is 0 Å². The lowest BCUT2D eigenvalue weighted by atomic mass is 10.2. The molecule has 1 atom stereocenters. The molecule has 3 amide bonds. The molecule has 0 fully saturated rings. The predicted octanol–water partition coefficient (Wildman–Crippen LogP) is 1.54. The fraction of sp³-hybridized carbons (Fsp3) is 0.316. The second-order valence-electron chi connectivity index (χ2n) is 6.59. The number of carbonyl (C=O) groups excluding carboxylic acids is 3. The topological polar surface area (TPSA) is 144 Å². The van der Waals surface area contributed by atoms with Crippen molar-refractivity contribution in [3.63, 3.8) is 0 Å². The zero-order chi connectivity index (χ0) is 22.3. The van der Waals surface area contributed by atoms with Gasteiger partial charge in [0.2, 0.25) is 10.0 Å². The number of ether oxygens (including phenoxy) is 1. The molecule has 162 valence electrons. The van der Waals surface area contributed by atoms with Gasteiger partial charge in [-0.15, -0.1) is 0 Å². The molecule has 1 aromatic heterocycles. The molecule has 0 aliphatic rings. The molecule has 1 unspecified atom stereocenters. The fourth-order valence-corrected chi connectivity index (χ4v) is 3.22. The maximum Gasteiger partial charge on any atom is 0.338 e. The molecule has 0 spiro atoms. The Kier molecular flexibility index (Phi) is 7.72. The number of urea groups is 1. The van der Waals surface area contributed by atoms with E-state index in [9.17, 15) is 22.8 Å². The molecule has 0 aliphatic carbocycles. The molecule has 0 saturated carbocycles. The number of carbonyl (C=O) groups is 3. The first-order chi connectivity index (χ1) is 14.1. The van der Waals surface area contributed by atoms with Crippen LogP contribution in [-0.2, 0) is 26.1 Å². The molecule has 0 bridgehead atoms. The minimum absolute atomic E-state index is 0.0177. The van der Waals surface area contributed by atoms with Crippen LogP contribution < -0.4 is 15.4 Å². The molecule has 2 rings (SSSR count). The van der Waals surface area contributed by atoms with Gasteiger partial charge in [-0.3, -0.25) is 10.1 Å². The summed E-state index contributed by atoms with van der Waals surface area (Å²) in [6, 6.07) is 7.41. The number of hydrogen-bond acceptors (Lipinski definition) is 7. The van der Waals surface area contributed by atoms with Crippen LogP contribution in [0.3, 0.4) is 0 Å². The standard InChI is InChI=1S/C19H23N3O7S/c1-12(2)21-19(25)22-17(23)13(3)29-18(24)14-6-8-16(9-7-14)30(26,27)20-11-15-5-4-10-28-15/h4-10,12-13,20H,11H2,1-3H3,(H2,21,22,23,25). The van der Waals surface area contributed by atoms with E-state index in [1.54, 1.807) is 26.0 Å². The maximum atomic E-state index is 12.3. The highest BCUT2D eigenvalue weighted by molar-refractivity contribution is 7.89. The Labute approximate surface area is 174 Å². The summed E-state index contributed by atoms with van der Waals surface area (Å²) in [5.41, 5.74) is 0.0475. The Hall–Kier alpha value is -3.18. The summed E-state index contributed by atoms with van der Waals surface area (Å²) in [6.07, 6.45) is 0.205. The Bertz CT molecular complexity index is 984. The van der Waals surface area contributed by atoms with Crippen molar-refractivity contribution in [2.75, 3.05) is 0 Å². The van der Waals surface area contributed by atoms with Gasteiger partial charge in [0.25, 0.3) is 5.91 Å².